The van der Waals surface area contributed by atoms with Gasteiger partial charge < -0.3 is 24.0 Å². The van der Waals surface area contributed by atoms with Crippen LogP contribution in [0.5, 0.6) is 17.2 Å². The molecule has 2 aromatic carbocycles. The number of benzene rings is 2. The minimum absolute atomic E-state index is 0.0628. The van der Waals surface area contributed by atoms with Crippen LogP contribution >= 0.6 is 0 Å². The molecule has 0 saturated carbocycles. The van der Waals surface area contributed by atoms with E-state index in [0.29, 0.717) is 35.9 Å². The van der Waals surface area contributed by atoms with Crippen molar-refractivity contribution in [2.75, 3.05) is 47.5 Å². The van der Waals surface area contributed by atoms with Gasteiger partial charge in [-0.25, -0.2) is 4.39 Å². The highest BCUT2D eigenvalue weighted by Crippen LogP contribution is 2.44. The smallest absolute Gasteiger partial charge is 0.253 e. The Labute approximate surface area is 199 Å². The fourth-order valence-electron chi connectivity index (χ4n) is 5.00. The Hall–Kier alpha value is -3.29. The third-order valence-corrected chi connectivity index (χ3v) is 6.80. The van der Waals surface area contributed by atoms with Gasteiger partial charge in [0.05, 0.1) is 27.2 Å². The van der Waals surface area contributed by atoms with Crippen molar-refractivity contribution in [1.82, 2.24) is 9.80 Å². The van der Waals surface area contributed by atoms with Crippen molar-refractivity contribution in [2.45, 2.75) is 25.2 Å². The van der Waals surface area contributed by atoms with E-state index in [2.05, 4.69) is 0 Å². The van der Waals surface area contributed by atoms with E-state index in [1.165, 1.54) is 24.3 Å². The summed E-state index contributed by atoms with van der Waals surface area (Å²) in [6.07, 6.45) is 3.11. The molecule has 2 heterocycles. The first kappa shape index (κ1) is 23.9. The predicted molar refractivity (Wildman–Crippen MR) is 125 cm³/mol. The molecule has 7 nitrogen and oxygen atoms in total. The highest BCUT2D eigenvalue weighted by molar-refractivity contribution is 5.95. The summed E-state index contributed by atoms with van der Waals surface area (Å²) in [5, 5.41) is 0. The molecule has 182 valence electrons. The molecule has 0 aromatic heterocycles. The first-order chi connectivity index (χ1) is 16.5. The van der Waals surface area contributed by atoms with E-state index in [9.17, 15) is 14.0 Å². The van der Waals surface area contributed by atoms with Gasteiger partial charge in [0.25, 0.3) is 5.91 Å². The third-order valence-electron chi connectivity index (χ3n) is 6.80. The van der Waals surface area contributed by atoms with Gasteiger partial charge in [0.15, 0.2) is 11.5 Å². The Morgan fingerprint density at radius 2 is 1.47 bits per heavy atom. The van der Waals surface area contributed by atoms with Crippen LogP contribution in [-0.2, 0) is 4.79 Å². The van der Waals surface area contributed by atoms with Gasteiger partial charge in [-0.05, 0) is 61.2 Å². The lowest BCUT2D eigenvalue weighted by atomic mass is 9.87. The van der Waals surface area contributed by atoms with Gasteiger partial charge >= 0.3 is 0 Å². The Morgan fingerprint density at radius 1 is 0.853 bits per heavy atom. The van der Waals surface area contributed by atoms with Crippen LogP contribution in [0, 0.1) is 11.7 Å². The quantitative estimate of drug-likeness (QED) is 0.644. The topological polar surface area (TPSA) is 68.3 Å². The molecule has 2 fully saturated rings. The Balaban J connectivity index is 1.69. The van der Waals surface area contributed by atoms with Gasteiger partial charge in [-0.2, -0.15) is 0 Å². The third kappa shape index (κ3) is 4.67. The molecule has 0 bridgehead atoms. The maximum absolute atomic E-state index is 13.6. The van der Waals surface area contributed by atoms with Gasteiger partial charge in [-0.15, -0.1) is 0 Å². The molecule has 4 rings (SSSR count). The van der Waals surface area contributed by atoms with Crippen LogP contribution in [0.15, 0.2) is 36.4 Å². The fourth-order valence-corrected chi connectivity index (χ4v) is 5.00. The molecule has 0 N–H and O–H groups in total. The van der Waals surface area contributed by atoms with Gasteiger partial charge in [-0.3, -0.25) is 9.59 Å². The van der Waals surface area contributed by atoms with Crippen LogP contribution < -0.4 is 14.2 Å². The first-order valence-electron chi connectivity index (χ1n) is 11.6. The number of hydrogen-bond donors (Lipinski definition) is 0. The number of ether oxygens (including phenoxy) is 3. The lowest BCUT2D eigenvalue weighted by Crippen LogP contribution is -2.42. The van der Waals surface area contributed by atoms with Crippen LogP contribution in [0.2, 0.25) is 0 Å². The molecule has 0 radical (unpaired) electrons. The fraction of sp³-hybridized carbons (Fsp3) is 0.462. The summed E-state index contributed by atoms with van der Waals surface area (Å²) < 4.78 is 29.9. The summed E-state index contributed by atoms with van der Waals surface area (Å²) in [4.78, 5) is 30.5. The normalized spacial score (nSPS) is 20.2. The van der Waals surface area contributed by atoms with Crippen molar-refractivity contribution >= 4 is 11.8 Å². The number of hydrogen-bond acceptors (Lipinski definition) is 5. The largest absolute Gasteiger partial charge is 0.493 e. The molecule has 2 amide bonds. The van der Waals surface area contributed by atoms with E-state index in [1.54, 1.807) is 26.2 Å². The minimum atomic E-state index is -0.398. The molecule has 0 unspecified atom stereocenters. The molecule has 2 aliphatic heterocycles. The molecule has 34 heavy (non-hydrogen) atoms. The second kappa shape index (κ2) is 10.3. The summed E-state index contributed by atoms with van der Waals surface area (Å²) in [7, 11) is 4.65. The monoisotopic (exact) mass is 470 g/mol. The Kier molecular flexibility index (Phi) is 7.24. The van der Waals surface area contributed by atoms with Gasteiger partial charge in [0, 0.05) is 37.7 Å². The van der Waals surface area contributed by atoms with Crippen molar-refractivity contribution in [3.8, 4) is 17.2 Å². The Bertz CT molecular complexity index is 1010. The van der Waals surface area contributed by atoms with Crippen molar-refractivity contribution in [3.63, 3.8) is 0 Å². The van der Waals surface area contributed by atoms with Crippen LogP contribution in [0.25, 0.3) is 0 Å². The zero-order valence-corrected chi connectivity index (χ0v) is 19.9. The van der Waals surface area contributed by atoms with E-state index in [-0.39, 0.29) is 17.7 Å². The molecule has 8 heteroatoms. The molecule has 0 spiro atoms. The highest BCUT2D eigenvalue weighted by Gasteiger charge is 2.43. The van der Waals surface area contributed by atoms with Crippen molar-refractivity contribution in [2.24, 2.45) is 5.92 Å². The number of halogens is 1. The van der Waals surface area contributed by atoms with E-state index in [4.69, 9.17) is 14.2 Å². The van der Waals surface area contributed by atoms with Crippen molar-refractivity contribution < 1.29 is 28.2 Å². The number of rotatable bonds is 6. The first-order valence-corrected chi connectivity index (χ1v) is 11.6. The van der Waals surface area contributed by atoms with Crippen molar-refractivity contribution in [1.29, 1.82) is 0 Å². The molecule has 2 aliphatic rings. The maximum atomic E-state index is 13.6. The number of carbonyl (C=O) groups excluding carboxylic acids is 2. The standard InChI is InChI=1S/C26H31FN2O5/c1-32-22-13-18(14-23(33-2)24(22)34-3)20-15-29(25(30)17-7-9-19(27)10-8-17)16-21(20)26(31)28-11-5-4-6-12-28/h7-10,13-14,20-21H,4-6,11-12,15-16H2,1-3H3/t20-,21-/m1/s1. The number of nitrogens with zero attached hydrogens (tertiary/aromatic N) is 2. The molecule has 2 saturated heterocycles. The number of amides is 2. The number of likely N-dealkylation sites (tertiary alicyclic amines) is 2. The molecular weight excluding hydrogens is 439 g/mol. The highest BCUT2D eigenvalue weighted by atomic mass is 19.1. The number of carbonyl (C=O) groups is 2. The SMILES string of the molecule is COc1cc([C@H]2CN(C(=O)c3ccc(F)cc3)C[C@H]2C(=O)N2CCCCC2)cc(OC)c1OC. The summed E-state index contributed by atoms with van der Waals surface area (Å²) in [5.74, 6) is 0.294. The summed E-state index contributed by atoms with van der Waals surface area (Å²) in [6.45, 7) is 2.14. The maximum Gasteiger partial charge on any atom is 0.253 e. The molecule has 2 aromatic rings. The van der Waals surface area contributed by atoms with E-state index in [0.717, 1.165) is 37.9 Å². The summed E-state index contributed by atoms with van der Waals surface area (Å²) in [6, 6.07) is 9.22. The van der Waals surface area contributed by atoms with Crippen LogP contribution in [0.3, 0.4) is 0 Å². The zero-order valence-electron chi connectivity index (χ0n) is 19.9. The number of methoxy groups -OCH3 is 3. The van der Waals surface area contributed by atoms with Crippen LogP contribution in [0.1, 0.15) is 41.1 Å². The summed E-state index contributed by atoms with van der Waals surface area (Å²) >= 11 is 0. The molecule has 0 aliphatic carbocycles. The second-order valence-electron chi connectivity index (χ2n) is 8.77. The van der Waals surface area contributed by atoms with Crippen LogP contribution in [-0.4, -0.2) is 69.1 Å². The van der Waals surface area contributed by atoms with E-state index in [1.807, 2.05) is 17.0 Å². The van der Waals surface area contributed by atoms with Crippen molar-refractivity contribution in [3.05, 3.63) is 53.3 Å². The predicted octanol–water partition coefficient (Wildman–Crippen LogP) is 3.72. The lowest BCUT2D eigenvalue weighted by molar-refractivity contribution is -0.136. The second-order valence-corrected chi connectivity index (χ2v) is 8.77. The van der Waals surface area contributed by atoms with E-state index >= 15 is 0 Å². The summed E-state index contributed by atoms with van der Waals surface area (Å²) in [5.41, 5.74) is 1.25. The minimum Gasteiger partial charge on any atom is -0.493 e. The van der Waals surface area contributed by atoms with Gasteiger partial charge in [0.1, 0.15) is 5.82 Å². The molecule has 2 atom stereocenters. The van der Waals surface area contributed by atoms with Gasteiger partial charge in [-0.1, -0.05) is 0 Å². The lowest BCUT2D eigenvalue weighted by Gasteiger charge is -2.31. The van der Waals surface area contributed by atoms with Gasteiger partial charge in [0.2, 0.25) is 11.7 Å². The molecular formula is C26H31FN2O5. The Morgan fingerprint density at radius 3 is 2.03 bits per heavy atom. The average molecular weight is 471 g/mol. The average Bonchev–Trinajstić information content (AvgIpc) is 3.33. The number of piperidine rings is 1. The van der Waals surface area contributed by atoms with Crippen LogP contribution in [0.4, 0.5) is 4.39 Å². The van der Waals surface area contributed by atoms with E-state index < -0.39 is 11.7 Å². The zero-order chi connectivity index (χ0) is 24.2.